The number of hydrogen-bond donors (Lipinski definition) is 0. The summed E-state index contributed by atoms with van der Waals surface area (Å²) in [5.74, 6) is 3.12. The van der Waals surface area contributed by atoms with Gasteiger partial charge in [-0.1, -0.05) is 24.1 Å². The van der Waals surface area contributed by atoms with Gasteiger partial charge in [-0.25, -0.2) is 0 Å². The standard InChI is InChI=1S/C24H33N3O3S/c1-16-13-20(25-30-16)24(29)26-11-8-18(9-12-26)22-14-19(15-31-22)23(28)27-10-4-6-17-5-2-3-7-21(17)27/h13-14,17-19,21H,2-12,15H2,1H3. The SMILES string of the molecule is Cc1cc(C(=O)N2CCC(C3=CC(C(=O)N4CCCC5CCCCC54)CS3)CC2)no1. The lowest BCUT2D eigenvalue weighted by atomic mass is 9.78. The summed E-state index contributed by atoms with van der Waals surface area (Å²) in [5, 5.41) is 3.87. The number of amides is 2. The van der Waals surface area contributed by atoms with Crippen molar-refractivity contribution >= 4 is 23.6 Å². The fourth-order valence-corrected chi connectivity index (χ4v) is 7.33. The van der Waals surface area contributed by atoms with E-state index in [0.29, 0.717) is 29.3 Å². The van der Waals surface area contributed by atoms with E-state index in [1.54, 1.807) is 13.0 Å². The van der Waals surface area contributed by atoms with E-state index < -0.39 is 0 Å². The summed E-state index contributed by atoms with van der Waals surface area (Å²) >= 11 is 1.87. The summed E-state index contributed by atoms with van der Waals surface area (Å²) < 4.78 is 5.05. The highest BCUT2D eigenvalue weighted by Gasteiger charge is 2.39. The highest BCUT2D eigenvalue weighted by molar-refractivity contribution is 8.03. The molecule has 3 aliphatic heterocycles. The molecule has 3 unspecified atom stereocenters. The predicted octanol–water partition coefficient (Wildman–Crippen LogP) is 4.26. The first-order valence-electron chi connectivity index (χ1n) is 12.0. The van der Waals surface area contributed by atoms with Crippen molar-refractivity contribution in [2.45, 2.75) is 64.3 Å². The van der Waals surface area contributed by atoms with Crippen LogP contribution >= 0.6 is 11.8 Å². The fourth-order valence-electron chi connectivity index (χ4n) is 5.98. The maximum atomic E-state index is 13.4. The third kappa shape index (κ3) is 4.30. The normalized spacial score (nSPS) is 29.6. The maximum Gasteiger partial charge on any atom is 0.276 e. The Balaban J connectivity index is 1.18. The van der Waals surface area contributed by atoms with Crippen molar-refractivity contribution in [3.8, 4) is 0 Å². The predicted molar refractivity (Wildman–Crippen MR) is 121 cm³/mol. The molecule has 6 nitrogen and oxygen atoms in total. The van der Waals surface area contributed by atoms with Gasteiger partial charge in [0, 0.05) is 37.5 Å². The van der Waals surface area contributed by atoms with Crippen LogP contribution in [-0.4, -0.2) is 58.2 Å². The molecule has 1 aliphatic carbocycles. The lowest BCUT2D eigenvalue weighted by Crippen LogP contribution is -2.51. The molecule has 7 heteroatoms. The molecule has 0 N–H and O–H groups in total. The zero-order valence-electron chi connectivity index (χ0n) is 18.4. The molecular formula is C24H33N3O3S. The Morgan fingerprint density at radius 2 is 1.84 bits per heavy atom. The van der Waals surface area contributed by atoms with E-state index >= 15 is 0 Å². The summed E-state index contributed by atoms with van der Waals surface area (Å²) in [6, 6.07) is 2.20. The lowest BCUT2D eigenvalue weighted by Gasteiger charge is -2.44. The summed E-state index contributed by atoms with van der Waals surface area (Å²) in [5.41, 5.74) is 0.401. The van der Waals surface area contributed by atoms with Crippen molar-refractivity contribution in [2.24, 2.45) is 17.8 Å². The van der Waals surface area contributed by atoms with Crippen molar-refractivity contribution in [1.82, 2.24) is 15.0 Å². The number of rotatable bonds is 3. The molecule has 168 valence electrons. The summed E-state index contributed by atoms with van der Waals surface area (Å²) in [4.78, 5) is 31.5. The molecule has 3 atom stereocenters. The molecule has 4 heterocycles. The van der Waals surface area contributed by atoms with Gasteiger partial charge in [-0.2, -0.15) is 0 Å². The molecule has 0 bridgehead atoms. The zero-order valence-corrected chi connectivity index (χ0v) is 19.2. The van der Waals surface area contributed by atoms with Crippen molar-refractivity contribution in [3.63, 3.8) is 0 Å². The number of thioether (sulfide) groups is 1. The number of hydrogen-bond acceptors (Lipinski definition) is 5. The molecule has 3 fully saturated rings. The van der Waals surface area contributed by atoms with Crippen LogP contribution in [0.3, 0.4) is 0 Å². The molecule has 2 saturated heterocycles. The topological polar surface area (TPSA) is 66.7 Å². The average molecular weight is 444 g/mol. The van der Waals surface area contributed by atoms with Gasteiger partial charge in [0.25, 0.3) is 5.91 Å². The van der Waals surface area contributed by atoms with Crippen molar-refractivity contribution < 1.29 is 14.1 Å². The van der Waals surface area contributed by atoms with Crippen LogP contribution in [0.5, 0.6) is 0 Å². The van der Waals surface area contributed by atoms with Gasteiger partial charge in [-0.3, -0.25) is 9.59 Å². The smallest absolute Gasteiger partial charge is 0.276 e. The van der Waals surface area contributed by atoms with E-state index in [1.807, 2.05) is 16.7 Å². The van der Waals surface area contributed by atoms with E-state index in [2.05, 4.69) is 16.1 Å². The van der Waals surface area contributed by atoms with Gasteiger partial charge in [-0.05, 0) is 62.2 Å². The van der Waals surface area contributed by atoms with Crippen LogP contribution in [-0.2, 0) is 4.79 Å². The van der Waals surface area contributed by atoms with Gasteiger partial charge in [0.15, 0.2) is 5.69 Å². The minimum atomic E-state index is -0.0384. The van der Waals surface area contributed by atoms with Crippen LogP contribution in [0.2, 0.25) is 0 Å². The third-order valence-electron chi connectivity index (χ3n) is 7.67. The molecule has 2 amide bonds. The number of piperidine rings is 2. The van der Waals surface area contributed by atoms with E-state index in [0.717, 1.165) is 44.1 Å². The van der Waals surface area contributed by atoms with E-state index in [-0.39, 0.29) is 11.8 Å². The first-order valence-corrected chi connectivity index (χ1v) is 13.0. The van der Waals surface area contributed by atoms with Crippen LogP contribution in [0.4, 0.5) is 0 Å². The quantitative estimate of drug-likeness (QED) is 0.698. The summed E-state index contributed by atoms with van der Waals surface area (Å²) in [6.45, 7) is 4.23. The third-order valence-corrected chi connectivity index (χ3v) is 9.00. The van der Waals surface area contributed by atoms with Gasteiger partial charge < -0.3 is 14.3 Å². The molecular weight excluding hydrogens is 410 g/mol. The molecule has 0 spiro atoms. The summed E-state index contributed by atoms with van der Waals surface area (Å²) in [7, 11) is 0. The molecule has 1 aromatic heterocycles. The first-order chi connectivity index (χ1) is 15.1. The molecule has 31 heavy (non-hydrogen) atoms. The van der Waals surface area contributed by atoms with Crippen LogP contribution in [0.25, 0.3) is 0 Å². The molecule has 5 rings (SSSR count). The minimum Gasteiger partial charge on any atom is -0.361 e. The number of allylic oxidation sites excluding steroid dienone is 1. The van der Waals surface area contributed by atoms with Crippen LogP contribution in [0.1, 0.15) is 67.6 Å². The second-order valence-corrected chi connectivity index (χ2v) is 10.8. The summed E-state index contributed by atoms with van der Waals surface area (Å²) in [6.07, 6.45) is 11.8. The number of aromatic nitrogens is 1. The maximum absolute atomic E-state index is 13.4. The minimum absolute atomic E-state index is 0.0384. The Morgan fingerprint density at radius 3 is 2.61 bits per heavy atom. The highest BCUT2D eigenvalue weighted by atomic mass is 32.2. The highest BCUT2D eigenvalue weighted by Crippen LogP contribution is 2.42. The van der Waals surface area contributed by atoms with Crippen LogP contribution in [0, 0.1) is 24.7 Å². The van der Waals surface area contributed by atoms with Crippen LogP contribution in [0.15, 0.2) is 21.6 Å². The molecule has 0 radical (unpaired) electrons. The number of likely N-dealkylation sites (tertiary alicyclic amines) is 2. The second-order valence-electron chi connectivity index (χ2n) is 9.66. The average Bonchev–Trinajstić information content (AvgIpc) is 3.47. The van der Waals surface area contributed by atoms with E-state index in [4.69, 9.17) is 4.52 Å². The van der Waals surface area contributed by atoms with Crippen molar-refractivity contribution in [1.29, 1.82) is 0 Å². The van der Waals surface area contributed by atoms with Gasteiger partial charge in [0.05, 0.1) is 5.92 Å². The zero-order chi connectivity index (χ0) is 21.4. The monoisotopic (exact) mass is 443 g/mol. The fraction of sp³-hybridized carbons (Fsp3) is 0.708. The molecule has 1 saturated carbocycles. The van der Waals surface area contributed by atoms with E-state index in [9.17, 15) is 9.59 Å². The first kappa shape index (κ1) is 21.1. The largest absolute Gasteiger partial charge is 0.361 e. The van der Waals surface area contributed by atoms with Gasteiger partial charge in [0.2, 0.25) is 5.91 Å². The second kappa shape index (κ2) is 9.00. The van der Waals surface area contributed by atoms with Crippen LogP contribution < -0.4 is 0 Å². The number of carbonyl (C=O) groups excluding carboxylic acids is 2. The number of fused-ring (bicyclic) bond motifs is 1. The number of carbonyl (C=O) groups is 2. The Morgan fingerprint density at radius 1 is 1.06 bits per heavy atom. The Bertz CT molecular complexity index is 856. The molecule has 0 aromatic carbocycles. The molecule has 1 aromatic rings. The number of aryl methyl sites for hydroxylation is 1. The Kier molecular flexibility index (Phi) is 6.13. The lowest BCUT2D eigenvalue weighted by molar-refractivity contribution is -0.139. The van der Waals surface area contributed by atoms with Crippen molar-refractivity contribution in [3.05, 3.63) is 28.5 Å². The van der Waals surface area contributed by atoms with Gasteiger partial charge in [0.1, 0.15) is 5.76 Å². The number of nitrogens with zero attached hydrogens (tertiary/aromatic N) is 3. The Labute approximate surface area is 188 Å². The Hall–Kier alpha value is -1.76. The van der Waals surface area contributed by atoms with Gasteiger partial charge >= 0.3 is 0 Å². The van der Waals surface area contributed by atoms with Crippen molar-refractivity contribution in [2.75, 3.05) is 25.4 Å². The van der Waals surface area contributed by atoms with E-state index in [1.165, 1.54) is 43.4 Å². The van der Waals surface area contributed by atoms with Gasteiger partial charge in [-0.15, -0.1) is 11.8 Å². The molecule has 4 aliphatic rings.